The van der Waals surface area contributed by atoms with Crippen LogP contribution in [0.2, 0.25) is 0 Å². The molecule has 0 fully saturated rings. The molecule has 4 nitrogen and oxygen atoms in total. The maximum atomic E-state index is 12.9. The molecule has 0 aliphatic carbocycles. The number of fused-ring (bicyclic) bond motifs is 1. The van der Waals surface area contributed by atoms with Gasteiger partial charge < -0.3 is 9.84 Å². The molecule has 0 amide bonds. The van der Waals surface area contributed by atoms with Crippen LogP contribution < -0.4 is 0 Å². The molecular formula is C16H14FNO3. The third kappa shape index (κ3) is 2.52. The molecule has 1 aliphatic rings. The first kappa shape index (κ1) is 13.7. The average molecular weight is 287 g/mol. The van der Waals surface area contributed by atoms with Gasteiger partial charge in [-0.3, -0.25) is 9.78 Å². The van der Waals surface area contributed by atoms with Crippen molar-refractivity contribution in [1.29, 1.82) is 0 Å². The van der Waals surface area contributed by atoms with E-state index in [9.17, 15) is 14.3 Å². The Balaban J connectivity index is 1.84. The predicted octanol–water partition coefficient (Wildman–Crippen LogP) is 3.08. The molecule has 2 heterocycles. The molecular weight excluding hydrogens is 273 g/mol. The minimum Gasteiger partial charge on any atom is -0.506 e. The number of hydrogen-bond acceptors (Lipinski definition) is 4. The van der Waals surface area contributed by atoms with Crippen LogP contribution in [-0.2, 0) is 11.3 Å². The van der Waals surface area contributed by atoms with Crippen molar-refractivity contribution in [3.8, 4) is 5.75 Å². The Labute approximate surface area is 121 Å². The summed E-state index contributed by atoms with van der Waals surface area (Å²) in [4.78, 5) is 16.3. The number of ether oxygens (including phenoxy) is 1. The van der Waals surface area contributed by atoms with Crippen LogP contribution in [0.3, 0.4) is 0 Å². The number of rotatable bonds is 3. The standard InChI is InChI=1S/C16H14FNO3/c1-9-16(20)15-11(7-18-9)8-21-14(15)6-13(19)10-2-4-12(17)5-3-10/h2-5,7,14,20H,6,8H2,1H3. The number of halogens is 1. The van der Waals surface area contributed by atoms with Crippen LogP contribution in [-0.4, -0.2) is 15.9 Å². The van der Waals surface area contributed by atoms with Crippen LogP contribution in [0.25, 0.3) is 0 Å². The highest BCUT2D eigenvalue weighted by Gasteiger charge is 2.30. The van der Waals surface area contributed by atoms with E-state index in [4.69, 9.17) is 4.74 Å². The summed E-state index contributed by atoms with van der Waals surface area (Å²) in [7, 11) is 0. The van der Waals surface area contributed by atoms with Crippen LogP contribution >= 0.6 is 0 Å². The van der Waals surface area contributed by atoms with E-state index < -0.39 is 6.10 Å². The Morgan fingerprint density at radius 1 is 1.43 bits per heavy atom. The fourth-order valence-electron chi connectivity index (χ4n) is 2.48. The number of pyridine rings is 1. The summed E-state index contributed by atoms with van der Waals surface area (Å²) < 4.78 is 18.5. The smallest absolute Gasteiger partial charge is 0.165 e. The summed E-state index contributed by atoms with van der Waals surface area (Å²) in [6.45, 7) is 2.03. The van der Waals surface area contributed by atoms with Crippen molar-refractivity contribution in [2.75, 3.05) is 0 Å². The van der Waals surface area contributed by atoms with E-state index in [1.54, 1.807) is 13.1 Å². The van der Waals surface area contributed by atoms with E-state index in [0.29, 0.717) is 23.4 Å². The topological polar surface area (TPSA) is 59.4 Å². The Hall–Kier alpha value is -2.27. The van der Waals surface area contributed by atoms with Gasteiger partial charge in [-0.25, -0.2) is 4.39 Å². The lowest BCUT2D eigenvalue weighted by Crippen LogP contribution is -2.07. The fourth-order valence-corrected chi connectivity index (χ4v) is 2.48. The summed E-state index contributed by atoms with van der Waals surface area (Å²) in [5.41, 5.74) is 2.38. The second-order valence-electron chi connectivity index (χ2n) is 5.06. The molecule has 0 saturated carbocycles. The molecule has 1 atom stereocenters. The first-order valence-corrected chi connectivity index (χ1v) is 6.64. The second kappa shape index (κ2) is 5.26. The van der Waals surface area contributed by atoms with E-state index in [-0.39, 0.29) is 23.8 Å². The van der Waals surface area contributed by atoms with Gasteiger partial charge in [0.15, 0.2) is 5.78 Å². The second-order valence-corrected chi connectivity index (χ2v) is 5.06. The van der Waals surface area contributed by atoms with Gasteiger partial charge in [0.2, 0.25) is 0 Å². The van der Waals surface area contributed by atoms with Crippen molar-refractivity contribution in [3.63, 3.8) is 0 Å². The zero-order valence-electron chi connectivity index (χ0n) is 11.5. The lowest BCUT2D eigenvalue weighted by atomic mass is 9.98. The first-order chi connectivity index (χ1) is 10.1. The zero-order valence-corrected chi connectivity index (χ0v) is 11.5. The SMILES string of the molecule is Cc1ncc2c(c1O)C(CC(=O)c1ccc(F)cc1)OC2. The van der Waals surface area contributed by atoms with E-state index in [2.05, 4.69) is 4.98 Å². The lowest BCUT2D eigenvalue weighted by molar-refractivity contribution is 0.0529. The number of nitrogens with zero attached hydrogens (tertiary/aromatic N) is 1. The Morgan fingerprint density at radius 3 is 2.86 bits per heavy atom. The molecule has 5 heteroatoms. The third-order valence-corrected chi connectivity index (χ3v) is 3.66. The molecule has 3 rings (SSSR count). The van der Waals surface area contributed by atoms with Gasteiger partial charge in [-0.15, -0.1) is 0 Å². The minimum absolute atomic E-state index is 0.0851. The number of aromatic nitrogens is 1. The molecule has 1 aromatic heterocycles. The van der Waals surface area contributed by atoms with Crippen molar-refractivity contribution in [2.45, 2.75) is 26.1 Å². The summed E-state index contributed by atoms with van der Waals surface area (Å²) in [5, 5.41) is 10.1. The van der Waals surface area contributed by atoms with Gasteiger partial charge in [0, 0.05) is 29.3 Å². The molecule has 108 valence electrons. The normalized spacial score (nSPS) is 16.8. The van der Waals surface area contributed by atoms with Gasteiger partial charge in [0.1, 0.15) is 11.6 Å². The number of carbonyl (C=O) groups excluding carboxylic acids is 1. The number of benzene rings is 1. The monoisotopic (exact) mass is 287 g/mol. The van der Waals surface area contributed by atoms with Crippen molar-refractivity contribution < 1.29 is 19.0 Å². The van der Waals surface area contributed by atoms with Crippen LogP contribution in [0.4, 0.5) is 4.39 Å². The lowest BCUT2D eigenvalue weighted by Gasteiger charge is -2.12. The van der Waals surface area contributed by atoms with Gasteiger partial charge in [-0.05, 0) is 31.2 Å². The Bertz CT molecular complexity index is 697. The summed E-state index contributed by atoms with van der Waals surface area (Å²) in [6.07, 6.45) is 1.28. The molecule has 2 aromatic rings. The number of Topliss-reactive ketones (excluding diaryl/α,β-unsaturated/α-hetero) is 1. The highest BCUT2D eigenvalue weighted by Crippen LogP contribution is 2.40. The van der Waals surface area contributed by atoms with Gasteiger partial charge in [-0.1, -0.05) is 0 Å². The van der Waals surface area contributed by atoms with E-state index in [1.165, 1.54) is 24.3 Å². The molecule has 0 radical (unpaired) electrons. The maximum Gasteiger partial charge on any atom is 0.165 e. The van der Waals surface area contributed by atoms with E-state index >= 15 is 0 Å². The summed E-state index contributed by atoms with van der Waals surface area (Å²) >= 11 is 0. The summed E-state index contributed by atoms with van der Waals surface area (Å²) in [6, 6.07) is 5.40. The third-order valence-electron chi connectivity index (χ3n) is 3.66. The van der Waals surface area contributed by atoms with Gasteiger partial charge >= 0.3 is 0 Å². The Kier molecular flexibility index (Phi) is 3.43. The maximum absolute atomic E-state index is 12.9. The molecule has 1 N–H and O–H groups in total. The predicted molar refractivity (Wildman–Crippen MR) is 73.5 cm³/mol. The first-order valence-electron chi connectivity index (χ1n) is 6.64. The zero-order chi connectivity index (χ0) is 15.0. The molecule has 21 heavy (non-hydrogen) atoms. The van der Waals surface area contributed by atoms with Crippen LogP contribution in [0.5, 0.6) is 5.75 Å². The molecule has 1 aliphatic heterocycles. The largest absolute Gasteiger partial charge is 0.506 e. The minimum atomic E-state index is -0.487. The molecule has 0 saturated heterocycles. The number of hydrogen-bond donors (Lipinski definition) is 1. The fraction of sp³-hybridized carbons (Fsp3) is 0.250. The number of aryl methyl sites for hydroxylation is 1. The van der Waals surface area contributed by atoms with Crippen LogP contribution in [0.1, 0.15) is 39.7 Å². The number of aromatic hydroxyl groups is 1. The molecule has 1 aromatic carbocycles. The highest BCUT2D eigenvalue weighted by atomic mass is 19.1. The van der Waals surface area contributed by atoms with Crippen LogP contribution in [0.15, 0.2) is 30.5 Å². The average Bonchev–Trinajstić information content (AvgIpc) is 2.87. The molecule has 0 spiro atoms. The van der Waals surface area contributed by atoms with Crippen molar-refractivity contribution >= 4 is 5.78 Å². The van der Waals surface area contributed by atoms with Crippen LogP contribution in [0, 0.1) is 12.7 Å². The van der Waals surface area contributed by atoms with E-state index in [0.717, 1.165) is 5.56 Å². The number of ketones is 1. The number of carbonyl (C=O) groups is 1. The quantitative estimate of drug-likeness (QED) is 0.881. The van der Waals surface area contributed by atoms with Crippen molar-refractivity contribution in [2.24, 2.45) is 0 Å². The Morgan fingerprint density at radius 2 is 2.14 bits per heavy atom. The highest BCUT2D eigenvalue weighted by molar-refractivity contribution is 5.96. The molecule has 1 unspecified atom stereocenters. The van der Waals surface area contributed by atoms with Gasteiger partial charge in [0.25, 0.3) is 0 Å². The van der Waals surface area contributed by atoms with E-state index in [1.807, 2.05) is 0 Å². The van der Waals surface area contributed by atoms with Gasteiger partial charge in [0.05, 0.1) is 18.4 Å². The van der Waals surface area contributed by atoms with Gasteiger partial charge in [-0.2, -0.15) is 0 Å². The molecule has 0 bridgehead atoms. The summed E-state index contributed by atoms with van der Waals surface area (Å²) in [5.74, 6) is -0.447. The van der Waals surface area contributed by atoms with Crippen molar-refractivity contribution in [3.05, 3.63) is 58.7 Å². The van der Waals surface area contributed by atoms with Crippen molar-refractivity contribution in [1.82, 2.24) is 4.98 Å².